The number of amides is 1. The number of carbonyl (C=O) groups excluding carboxylic acids is 1. The molecular weight excluding hydrogens is 394 g/mol. The molecule has 0 fully saturated rings. The smallest absolute Gasteiger partial charge is 0.260 e. The van der Waals surface area contributed by atoms with E-state index in [-0.39, 0.29) is 17.2 Å². The lowest BCUT2D eigenvalue weighted by atomic mass is 9.94. The van der Waals surface area contributed by atoms with Crippen LogP contribution in [0.1, 0.15) is 27.0 Å². The lowest BCUT2D eigenvalue weighted by molar-refractivity contribution is 0.102. The monoisotopic (exact) mass is 419 g/mol. The highest BCUT2D eigenvalue weighted by Gasteiger charge is 2.20. The van der Waals surface area contributed by atoms with E-state index >= 15 is 0 Å². The predicted octanol–water partition coefficient (Wildman–Crippen LogP) is 6.88. The average molecular weight is 420 g/mol. The molecule has 2 N–H and O–H groups in total. The predicted molar refractivity (Wildman–Crippen MR) is 132 cm³/mol. The minimum absolute atomic E-state index is 0.00940. The summed E-state index contributed by atoms with van der Waals surface area (Å²) in [4.78, 5) is 13.3. The van der Waals surface area contributed by atoms with Gasteiger partial charge in [-0.1, -0.05) is 103 Å². The molecule has 1 amide bonds. The van der Waals surface area contributed by atoms with Crippen LogP contribution in [-0.4, -0.2) is 11.0 Å². The molecule has 0 aliphatic carbocycles. The van der Waals surface area contributed by atoms with Crippen molar-refractivity contribution in [3.63, 3.8) is 0 Å². The fourth-order valence-electron chi connectivity index (χ4n) is 3.67. The SMILES string of the molecule is Cc1ccccc1NC(=O)c1c(-c2ccccc2)ccc(C/C=C/c2ccccc2)c1O. The van der Waals surface area contributed by atoms with Gasteiger partial charge in [-0.05, 0) is 47.2 Å². The van der Waals surface area contributed by atoms with E-state index in [4.69, 9.17) is 0 Å². The summed E-state index contributed by atoms with van der Waals surface area (Å²) in [5.74, 6) is -0.320. The maximum Gasteiger partial charge on any atom is 0.260 e. The molecule has 3 heteroatoms. The van der Waals surface area contributed by atoms with Crippen molar-refractivity contribution in [1.29, 1.82) is 0 Å². The molecule has 0 spiro atoms. The summed E-state index contributed by atoms with van der Waals surface area (Å²) in [5.41, 5.74) is 5.34. The van der Waals surface area contributed by atoms with E-state index < -0.39 is 0 Å². The number of aromatic hydroxyl groups is 1. The molecule has 4 rings (SSSR count). The van der Waals surface area contributed by atoms with Crippen molar-refractivity contribution in [1.82, 2.24) is 0 Å². The van der Waals surface area contributed by atoms with Crippen LogP contribution >= 0.6 is 0 Å². The molecule has 158 valence electrons. The van der Waals surface area contributed by atoms with Gasteiger partial charge in [0.1, 0.15) is 5.75 Å². The summed E-state index contributed by atoms with van der Waals surface area (Å²) < 4.78 is 0. The van der Waals surface area contributed by atoms with Crippen molar-refractivity contribution < 1.29 is 9.90 Å². The van der Waals surface area contributed by atoms with Crippen molar-refractivity contribution in [2.24, 2.45) is 0 Å². The van der Waals surface area contributed by atoms with Crippen molar-refractivity contribution >= 4 is 17.7 Å². The standard InChI is InChI=1S/C29H25NO2/c1-21-11-8-9-18-26(21)30-29(32)27-25(23-15-6-3-7-16-23)20-19-24(28(27)31)17-10-14-22-12-4-2-5-13-22/h2-16,18-20,31H,17H2,1H3,(H,30,32)/b14-10+. The summed E-state index contributed by atoms with van der Waals surface area (Å²) in [7, 11) is 0. The second kappa shape index (κ2) is 9.80. The molecule has 0 heterocycles. The molecule has 4 aromatic rings. The van der Waals surface area contributed by atoms with E-state index in [1.54, 1.807) is 0 Å². The zero-order chi connectivity index (χ0) is 22.3. The zero-order valence-electron chi connectivity index (χ0n) is 18.0. The van der Waals surface area contributed by atoms with Crippen LogP contribution in [0.25, 0.3) is 17.2 Å². The van der Waals surface area contributed by atoms with Crippen LogP contribution in [0.5, 0.6) is 5.75 Å². The largest absolute Gasteiger partial charge is 0.507 e. The number of anilines is 1. The Kier molecular flexibility index (Phi) is 6.47. The second-order valence-corrected chi connectivity index (χ2v) is 7.65. The van der Waals surface area contributed by atoms with Crippen LogP contribution in [-0.2, 0) is 6.42 Å². The molecule has 0 aromatic heterocycles. The van der Waals surface area contributed by atoms with Gasteiger partial charge in [-0.2, -0.15) is 0 Å². The Morgan fingerprint density at radius 2 is 1.50 bits per heavy atom. The minimum Gasteiger partial charge on any atom is -0.507 e. The van der Waals surface area contributed by atoms with Gasteiger partial charge in [0.15, 0.2) is 0 Å². The molecular formula is C29H25NO2. The fraction of sp³-hybridized carbons (Fsp3) is 0.0690. The summed E-state index contributed by atoms with van der Waals surface area (Å²) >= 11 is 0. The molecule has 0 atom stereocenters. The first-order chi connectivity index (χ1) is 15.6. The van der Waals surface area contributed by atoms with Crippen LogP contribution in [0.4, 0.5) is 5.69 Å². The van der Waals surface area contributed by atoms with Crippen LogP contribution in [0.15, 0.2) is 103 Å². The lowest BCUT2D eigenvalue weighted by Crippen LogP contribution is -2.15. The van der Waals surface area contributed by atoms with Gasteiger partial charge in [-0.3, -0.25) is 4.79 Å². The van der Waals surface area contributed by atoms with Gasteiger partial charge in [-0.25, -0.2) is 0 Å². The fourth-order valence-corrected chi connectivity index (χ4v) is 3.67. The number of phenolic OH excluding ortho intramolecular Hbond substituents is 1. The number of aryl methyl sites for hydroxylation is 1. The summed E-state index contributed by atoms with van der Waals surface area (Å²) in [6.07, 6.45) is 4.52. The molecule has 0 aliphatic heterocycles. The lowest BCUT2D eigenvalue weighted by Gasteiger charge is -2.16. The van der Waals surface area contributed by atoms with E-state index in [1.165, 1.54) is 0 Å². The molecule has 0 saturated carbocycles. The Balaban J connectivity index is 1.71. The van der Waals surface area contributed by atoms with Gasteiger partial charge in [0.05, 0.1) is 5.56 Å². The van der Waals surface area contributed by atoms with Crippen LogP contribution in [0.2, 0.25) is 0 Å². The van der Waals surface area contributed by atoms with Gasteiger partial charge in [0.25, 0.3) is 5.91 Å². The first-order valence-electron chi connectivity index (χ1n) is 10.6. The normalized spacial score (nSPS) is 10.9. The number of rotatable bonds is 6. The minimum atomic E-state index is -0.329. The van der Waals surface area contributed by atoms with Crippen LogP contribution < -0.4 is 5.32 Å². The molecule has 0 bridgehead atoms. The number of para-hydroxylation sites is 1. The van der Waals surface area contributed by atoms with Crippen molar-refractivity contribution in [3.8, 4) is 16.9 Å². The number of hydrogen-bond donors (Lipinski definition) is 2. The van der Waals surface area contributed by atoms with Gasteiger partial charge in [0, 0.05) is 5.69 Å². The zero-order valence-corrected chi connectivity index (χ0v) is 18.0. The second-order valence-electron chi connectivity index (χ2n) is 7.65. The van der Waals surface area contributed by atoms with E-state index in [0.717, 1.165) is 22.4 Å². The van der Waals surface area contributed by atoms with Crippen molar-refractivity contribution in [3.05, 3.63) is 125 Å². The Bertz CT molecular complexity index is 1240. The van der Waals surface area contributed by atoms with Crippen molar-refractivity contribution in [2.45, 2.75) is 13.3 Å². The molecule has 3 nitrogen and oxygen atoms in total. The highest BCUT2D eigenvalue weighted by Crippen LogP contribution is 2.34. The molecule has 0 unspecified atom stereocenters. The van der Waals surface area contributed by atoms with E-state index in [0.29, 0.717) is 17.5 Å². The van der Waals surface area contributed by atoms with Gasteiger partial charge >= 0.3 is 0 Å². The summed E-state index contributed by atoms with van der Waals surface area (Å²) in [6, 6.07) is 31.1. The number of allylic oxidation sites excluding steroid dienone is 1. The number of phenols is 1. The third-order valence-corrected chi connectivity index (χ3v) is 5.41. The highest BCUT2D eigenvalue weighted by molar-refractivity contribution is 6.11. The molecule has 32 heavy (non-hydrogen) atoms. The maximum atomic E-state index is 13.3. The van der Waals surface area contributed by atoms with E-state index in [9.17, 15) is 9.90 Å². The van der Waals surface area contributed by atoms with Crippen LogP contribution in [0.3, 0.4) is 0 Å². The number of nitrogens with one attached hydrogen (secondary N) is 1. The molecule has 0 saturated heterocycles. The number of carbonyl (C=O) groups is 1. The first kappa shape index (κ1) is 21.1. The number of hydrogen-bond acceptors (Lipinski definition) is 2. The highest BCUT2D eigenvalue weighted by atomic mass is 16.3. The van der Waals surface area contributed by atoms with Gasteiger partial charge in [-0.15, -0.1) is 0 Å². The van der Waals surface area contributed by atoms with E-state index in [1.807, 2.05) is 116 Å². The molecule has 4 aromatic carbocycles. The van der Waals surface area contributed by atoms with Crippen LogP contribution in [0, 0.1) is 6.92 Å². The average Bonchev–Trinajstić information content (AvgIpc) is 2.82. The summed E-state index contributed by atoms with van der Waals surface area (Å²) in [5, 5.41) is 14.1. The number of benzene rings is 4. The van der Waals surface area contributed by atoms with Gasteiger partial charge < -0.3 is 10.4 Å². The molecule has 0 aliphatic rings. The Labute approximate surface area is 188 Å². The Morgan fingerprint density at radius 1 is 0.844 bits per heavy atom. The van der Waals surface area contributed by atoms with Gasteiger partial charge in [0.2, 0.25) is 0 Å². The quantitative estimate of drug-likeness (QED) is 0.358. The molecule has 0 radical (unpaired) electrons. The van der Waals surface area contributed by atoms with Crippen molar-refractivity contribution in [2.75, 3.05) is 5.32 Å². The first-order valence-corrected chi connectivity index (χ1v) is 10.6. The summed E-state index contributed by atoms with van der Waals surface area (Å²) in [6.45, 7) is 1.94. The third-order valence-electron chi connectivity index (χ3n) is 5.41. The maximum absolute atomic E-state index is 13.3. The third kappa shape index (κ3) is 4.79. The topological polar surface area (TPSA) is 49.3 Å². The Hall–Kier alpha value is -4.11. The Morgan fingerprint density at radius 3 is 2.22 bits per heavy atom. The van der Waals surface area contributed by atoms with E-state index in [2.05, 4.69) is 5.32 Å².